The Bertz CT molecular complexity index is 5390. The normalized spacial score (nSPS) is 14.0. The highest BCUT2D eigenvalue weighted by Crippen LogP contribution is 2.46. The predicted octanol–water partition coefficient (Wildman–Crippen LogP) is 4.66. The minimum atomic E-state index is -5.58. The molecule has 83 heavy (non-hydrogen) atoms. The molecule has 0 amide bonds. The fourth-order valence-electron chi connectivity index (χ4n) is 8.12. The molecule has 0 fully saturated rings. The average Bonchev–Trinajstić information content (AvgIpc) is 1.25. The first-order valence-electron chi connectivity index (χ1n) is 22.0. The number of aromatic nitrogens is 6. The first-order chi connectivity index (χ1) is 38.5. The summed E-state index contributed by atoms with van der Waals surface area (Å²) >= 11 is 12.4. The SMILES string of the molecule is O=S(=O)(O)c1cc(O)c2ccc(N=c3[nH]c(Cl)nc(=NCc4cccc(N=c5nc(Cl)[nH]c(=Nc6ccc7c(O)c(N=Nc8ccc9c(S(=O)(=O)O)cccc9c8S(=O)(=O)O)c(S(=O)(=O)O)cc7c6S(=O)(=O)O)[nH]5)c4)[nH]3)c(S(=O)(=O)O)c2c1. The molecule has 0 unspecified atom stereocenters. The van der Waals surface area contributed by atoms with Gasteiger partial charge >= 0.3 is 0 Å². The molecule has 0 radical (unpaired) electrons. The van der Waals surface area contributed by atoms with Crippen molar-refractivity contribution >= 4 is 145 Å². The molecule has 0 aliphatic heterocycles. The Morgan fingerprint density at radius 1 is 0.446 bits per heavy atom. The van der Waals surface area contributed by atoms with Crippen molar-refractivity contribution in [3.05, 3.63) is 136 Å². The van der Waals surface area contributed by atoms with Gasteiger partial charge in [-0.2, -0.15) is 60.5 Å². The van der Waals surface area contributed by atoms with E-state index in [0.717, 1.165) is 54.6 Å². The molecule has 9 rings (SSSR count). The van der Waals surface area contributed by atoms with Crippen LogP contribution < -0.4 is 22.5 Å². The molecule has 0 spiro atoms. The van der Waals surface area contributed by atoms with Gasteiger partial charge in [-0.3, -0.25) is 37.3 Å². The molecule has 0 saturated carbocycles. The number of azo groups is 1. The molecule has 2 heterocycles. The molecular weight excluding hydrogens is 1270 g/mol. The second-order valence-corrected chi connectivity index (χ2v) is 25.8. The molecule has 0 saturated heterocycles. The van der Waals surface area contributed by atoms with Gasteiger partial charge in [-0.05, 0) is 89.4 Å². The van der Waals surface area contributed by atoms with Crippen molar-refractivity contribution in [1.29, 1.82) is 0 Å². The number of phenols is 2. The van der Waals surface area contributed by atoms with Gasteiger partial charge in [0, 0.05) is 38.4 Å². The van der Waals surface area contributed by atoms with Gasteiger partial charge in [0.2, 0.25) is 33.0 Å². The number of aromatic hydroxyl groups is 2. The molecule has 32 nitrogen and oxygen atoms in total. The third-order valence-corrected chi connectivity index (χ3v) is 17.2. The molecule has 0 aliphatic carbocycles. The number of nitrogens with zero attached hydrogens (tertiary/aromatic N) is 8. The average molecular weight is 1300 g/mol. The molecule has 0 bridgehead atoms. The molecule has 9 aromatic rings. The summed E-state index contributed by atoms with van der Waals surface area (Å²) in [4.78, 5) is 29.1. The lowest BCUT2D eigenvalue weighted by atomic mass is 10.1. The smallest absolute Gasteiger partial charge is 0.297 e. The van der Waals surface area contributed by atoms with E-state index in [1.165, 1.54) is 18.2 Å². The number of rotatable bonds is 13. The van der Waals surface area contributed by atoms with Crippen LogP contribution in [-0.4, -0.2) is 118 Å². The number of nitrogens with one attached hydrogen (secondary N) is 4. The topological polar surface area (TPSA) is 530 Å². The second kappa shape index (κ2) is 21.5. The van der Waals surface area contributed by atoms with Crippen molar-refractivity contribution in [3.8, 4) is 11.5 Å². The zero-order chi connectivity index (χ0) is 60.5. The first-order valence-corrected chi connectivity index (χ1v) is 31.3. The summed E-state index contributed by atoms with van der Waals surface area (Å²) < 4.78 is 211. The zero-order valence-electron chi connectivity index (χ0n) is 40.2. The Balaban J connectivity index is 1.08. The Morgan fingerprint density at radius 2 is 0.964 bits per heavy atom. The first kappa shape index (κ1) is 59.4. The number of halogens is 2. The van der Waals surface area contributed by atoms with Crippen LogP contribution in [0.1, 0.15) is 5.56 Å². The van der Waals surface area contributed by atoms with E-state index in [2.05, 4.69) is 60.1 Å². The van der Waals surface area contributed by atoms with Gasteiger partial charge in [0.25, 0.3) is 60.7 Å². The highest BCUT2D eigenvalue weighted by atomic mass is 35.5. The number of H-pyrrole nitrogens is 4. The van der Waals surface area contributed by atoms with Crippen molar-refractivity contribution in [2.45, 2.75) is 35.9 Å². The van der Waals surface area contributed by atoms with E-state index in [-0.39, 0.29) is 39.8 Å². The number of aromatic amines is 4. The van der Waals surface area contributed by atoms with Gasteiger partial charge in [0.15, 0.2) is 5.75 Å². The van der Waals surface area contributed by atoms with E-state index < -0.39 is 162 Å². The third-order valence-electron chi connectivity index (χ3n) is 11.4. The lowest BCUT2D eigenvalue weighted by molar-refractivity contribution is 0.470. The fourth-order valence-corrected chi connectivity index (χ4v) is 12.8. The number of hydrogen-bond donors (Lipinski definition) is 12. The predicted molar refractivity (Wildman–Crippen MR) is 286 cm³/mol. The van der Waals surface area contributed by atoms with Gasteiger partial charge < -0.3 is 20.2 Å². The van der Waals surface area contributed by atoms with Crippen molar-refractivity contribution in [1.82, 2.24) is 29.9 Å². The van der Waals surface area contributed by atoms with E-state index in [0.29, 0.717) is 23.8 Å². The minimum Gasteiger partial charge on any atom is -0.507 e. The Kier molecular flexibility index (Phi) is 15.4. The summed E-state index contributed by atoms with van der Waals surface area (Å²) in [7, 11) is -31.6. The monoisotopic (exact) mass is 1300 g/mol. The maximum atomic E-state index is 13.1. The van der Waals surface area contributed by atoms with Crippen molar-refractivity contribution < 1.29 is 88.0 Å². The number of benzene rings is 7. The molecule has 0 atom stereocenters. The molecule has 12 N–H and O–H groups in total. The summed E-state index contributed by atoms with van der Waals surface area (Å²) in [6, 6.07) is 16.7. The van der Waals surface area contributed by atoms with Crippen LogP contribution in [0.4, 0.5) is 28.4 Å². The standard InChI is InChI=1S/C43H30Cl2N12O20S6/c44-38-50-40(54-42(52-38)48-27-10-7-21-25(36(27)82(72,73)74)14-20(15-30(21)58)78(60,61)62)46-17-18-3-1-4-19(13-18)47-41-51-39(45)53-43(55-41)49-28-11-9-23-26(37(28)83(75,76)77)16-32(80(66,67)68)33(34(23)59)57-56-29-12-8-22-24(35(29)81(69,70)71)5-2-6-31(22)79(63,64)65/h1-16,58-59H,17H2,(H,60,61,62)(H,63,64,65)(H,66,67,68)(H,69,70,71)(H,72,73,74)(H,75,76,77)(H2,46,48,50,52,54)(H2,47,49,51,53,55). The number of hydrogen-bond acceptors (Lipinski definition) is 22. The van der Waals surface area contributed by atoms with Crippen LogP contribution in [0.3, 0.4) is 0 Å². The van der Waals surface area contributed by atoms with Crippen molar-refractivity contribution in [2.24, 2.45) is 30.2 Å². The summed E-state index contributed by atoms with van der Waals surface area (Å²) in [6.45, 7) is -0.167. The molecule has 0 aliphatic rings. The fraction of sp³-hybridized carbons (Fsp3) is 0.0233. The molecule has 40 heteroatoms. The maximum absolute atomic E-state index is 13.1. The number of phenolic OH excluding ortho intramolecular Hbond substituents is 2. The van der Waals surface area contributed by atoms with Gasteiger partial charge in [-0.15, -0.1) is 10.2 Å². The second-order valence-electron chi connectivity index (χ2n) is 16.8. The lowest BCUT2D eigenvalue weighted by Gasteiger charge is -2.13. The number of fused-ring (bicyclic) bond motifs is 3. The molecule has 432 valence electrons. The van der Waals surface area contributed by atoms with Crippen LogP contribution in [0.15, 0.2) is 157 Å². The van der Waals surface area contributed by atoms with E-state index >= 15 is 0 Å². The van der Waals surface area contributed by atoms with Gasteiger partial charge in [0.1, 0.15) is 41.6 Å². The summed E-state index contributed by atoms with van der Waals surface area (Å²) in [5.41, 5.74) is -3.74. The van der Waals surface area contributed by atoms with E-state index in [1.54, 1.807) is 6.07 Å². The molecule has 2 aromatic heterocycles. The van der Waals surface area contributed by atoms with Gasteiger partial charge in [-0.1, -0.05) is 30.3 Å². The summed E-state index contributed by atoms with van der Waals surface area (Å²) in [5.74, 6) is -1.99. The van der Waals surface area contributed by atoms with Gasteiger partial charge in [0.05, 0.1) is 28.5 Å². The van der Waals surface area contributed by atoms with E-state index in [9.17, 15) is 88.0 Å². The minimum absolute atomic E-state index is 0.167. The van der Waals surface area contributed by atoms with Crippen LogP contribution in [0.25, 0.3) is 32.3 Å². The van der Waals surface area contributed by atoms with Gasteiger partial charge in [-0.25, -0.2) is 20.0 Å². The van der Waals surface area contributed by atoms with Crippen LogP contribution in [-0.2, 0) is 67.3 Å². The third kappa shape index (κ3) is 12.7. The Labute approximate surface area is 472 Å². The lowest BCUT2D eigenvalue weighted by Crippen LogP contribution is -2.27. The Morgan fingerprint density at radius 3 is 1.54 bits per heavy atom. The largest absolute Gasteiger partial charge is 0.507 e. The van der Waals surface area contributed by atoms with E-state index in [1.807, 2.05) is 0 Å². The quantitative estimate of drug-likeness (QED) is 0.0551. The molecule has 7 aromatic carbocycles. The van der Waals surface area contributed by atoms with Crippen molar-refractivity contribution in [3.63, 3.8) is 0 Å². The van der Waals surface area contributed by atoms with Crippen LogP contribution in [0.5, 0.6) is 11.5 Å². The van der Waals surface area contributed by atoms with Crippen LogP contribution in [0, 0.1) is 0 Å². The Hall–Kier alpha value is -8.22. The molecular formula is C43H30Cl2N12O20S6. The highest BCUT2D eigenvalue weighted by Gasteiger charge is 2.30. The highest BCUT2D eigenvalue weighted by molar-refractivity contribution is 7.87. The van der Waals surface area contributed by atoms with E-state index in [4.69, 9.17) is 23.2 Å². The van der Waals surface area contributed by atoms with Crippen LogP contribution in [0.2, 0.25) is 10.6 Å². The maximum Gasteiger partial charge on any atom is 0.297 e. The summed E-state index contributed by atoms with van der Waals surface area (Å²) in [6.07, 6.45) is 0. The summed E-state index contributed by atoms with van der Waals surface area (Å²) in [5, 5.41) is 25.2. The zero-order valence-corrected chi connectivity index (χ0v) is 46.6. The van der Waals surface area contributed by atoms with Crippen LogP contribution >= 0.6 is 23.2 Å². The van der Waals surface area contributed by atoms with Crippen molar-refractivity contribution in [2.75, 3.05) is 0 Å².